The summed E-state index contributed by atoms with van der Waals surface area (Å²) in [4.78, 5) is 11.6. The Bertz CT molecular complexity index is 460. The molecule has 35 heavy (non-hydrogen) atoms. The van der Waals surface area contributed by atoms with E-state index in [4.69, 9.17) is 0 Å². The largest absolute Gasteiger partial charge is 0.481 e. The van der Waals surface area contributed by atoms with E-state index in [9.17, 15) is 15.0 Å². The summed E-state index contributed by atoms with van der Waals surface area (Å²) >= 11 is 0. The fourth-order valence-electron chi connectivity index (χ4n) is 4.96. The van der Waals surface area contributed by atoms with E-state index in [0.29, 0.717) is 12.8 Å². The van der Waals surface area contributed by atoms with E-state index in [1.807, 2.05) is 0 Å². The van der Waals surface area contributed by atoms with E-state index >= 15 is 0 Å². The van der Waals surface area contributed by atoms with Crippen molar-refractivity contribution < 1.29 is 15.0 Å². The Balaban J connectivity index is 3.62. The molecule has 0 heterocycles. The van der Waals surface area contributed by atoms with E-state index in [2.05, 4.69) is 26.0 Å². The maximum absolute atomic E-state index is 11.6. The fourth-order valence-corrected chi connectivity index (χ4v) is 4.96. The zero-order chi connectivity index (χ0) is 25.8. The zero-order valence-corrected chi connectivity index (χ0v) is 23.8. The van der Waals surface area contributed by atoms with Gasteiger partial charge in [-0.1, -0.05) is 148 Å². The van der Waals surface area contributed by atoms with Crippen LogP contribution in [0.3, 0.4) is 0 Å². The number of aliphatic carboxylic acids is 1. The van der Waals surface area contributed by atoms with Crippen LogP contribution in [0.15, 0.2) is 12.2 Å². The molecule has 3 heteroatoms. The molecule has 0 unspecified atom stereocenters. The van der Waals surface area contributed by atoms with E-state index in [0.717, 1.165) is 25.7 Å². The Morgan fingerprint density at radius 3 is 1.31 bits per heavy atom. The third kappa shape index (κ3) is 24.6. The van der Waals surface area contributed by atoms with Crippen LogP contribution < -0.4 is 0 Å². The van der Waals surface area contributed by atoms with Crippen molar-refractivity contribution >= 4 is 5.97 Å². The van der Waals surface area contributed by atoms with Crippen molar-refractivity contribution in [3.63, 3.8) is 0 Å². The van der Waals surface area contributed by atoms with Crippen LogP contribution >= 0.6 is 0 Å². The summed E-state index contributed by atoms with van der Waals surface area (Å²) < 4.78 is 0. The van der Waals surface area contributed by atoms with Crippen LogP contribution in [0.25, 0.3) is 0 Å². The number of carboxylic acid groups (broad SMARTS) is 1. The average Bonchev–Trinajstić information content (AvgIpc) is 2.84. The van der Waals surface area contributed by atoms with Crippen molar-refractivity contribution in [3.8, 4) is 0 Å². The molecule has 208 valence electrons. The van der Waals surface area contributed by atoms with Crippen molar-refractivity contribution in [1.29, 1.82) is 0 Å². The minimum Gasteiger partial charge on any atom is -0.481 e. The summed E-state index contributed by atoms with van der Waals surface area (Å²) in [7, 11) is 0. The lowest BCUT2D eigenvalue weighted by Gasteiger charge is -2.19. The highest BCUT2D eigenvalue weighted by Gasteiger charge is 2.25. The number of aliphatic hydroxyl groups excluding tert-OH is 1. The maximum atomic E-state index is 11.6. The van der Waals surface area contributed by atoms with Gasteiger partial charge in [0.15, 0.2) is 0 Å². The molecule has 0 aromatic rings. The summed E-state index contributed by atoms with van der Waals surface area (Å²) in [5, 5.41) is 20.0. The second-order valence-electron chi connectivity index (χ2n) is 10.9. The van der Waals surface area contributed by atoms with Gasteiger partial charge in [-0.3, -0.25) is 4.79 Å². The van der Waals surface area contributed by atoms with Gasteiger partial charge < -0.3 is 10.2 Å². The number of allylic oxidation sites excluding steroid dienone is 2. The molecular formula is C32H62O3. The van der Waals surface area contributed by atoms with E-state index in [1.54, 1.807) is 0 Å². The molecule has 0 amide bonds. The van der Waals surface area contributed by atoms with Gasteiger partial charge in [0, 0.05) is 0 Å². The first-order valence-electron chi connectivity index (χ1n) is 15.7. The number of hydrogen-bond donors (Lipinski definition) is 2. The van der Waals surface area contributed by atoms with Crippen molar-refractivity contribution in [2.24, 2.45) is 5.92 Å². The van der Waals surface area contributed by atoms with E-state index in [1.165, 1.54) is 122 Å². The van der Waals surface area contributed by atoms with E-state index < -0.39 is 18.0 Å². The molecule has 0 fully saturated rings. The summed E-state index contributed by atoms with van der Waals surface area (Å²) in [6.45, 7) is 4.51. The van der Waals surface area contributed by atoms with Gasteiger partial charge in [-0.05, 0) is 38.5 Å². The van der Waals surface area contributed by atoms with Gasteiger partial charge in [-0.2, -0.15) is 0 Å². The molecule has 0 aromatic carbocycles. The Kier molecular flexibility index (Phi) is 27.1. The number of rotatable bonds is 28. The quantitative estimate of drug-likeness (QED) is 0.0839. The van der Waals surface area contributed by atoms with Crippen LogP contribution in [0.4, 0.5) is 0 Å². The molecule has 0 radical (unpaired) electrons. The van der Waals surface area contributed by atoms with E-state index in [-0.39, 0.29) is 0 Å². The molecule has 0 rings (SSSR count). The molecule has 0 aliphatic rings. The predicted octanol–water partition coefficient (Wildman–Crippen LogP) is 10.4. The first-order chi connectivity index (χ1) is 17.1. The average molecular weight is 495 g/mol. The smallest absolute Gasteiger partial charge is 0.309 e. The van der Waals surface area contributed by atoms with Crippen LogP contribution in [0.5, 0.6) is 0 Å². The highest BCUT2D eigenvalue weighted by molar-refractivity contribution is 5.70. The zero-order valence-electron chi connectivity index (χ0n) is 23.8. The lowest BCUT2D eigenvalue weighted by Crippen LogP contribution is -2.28. The number of hydrogen-bond acceptors (Lipinski definition) is 2. The molecular weight excluding hydrogens is 432 g/mol. The SMILES string of the molecule is CCCCCC/C=C/CCCCCCC[C@@H](O)[C@H](CCCCCCCCCCCCCC)C(=O)O. The normalized spacial score (nSPS) is 13.5. The minimum atomic E-state index is -0.818. The second-order valence-corrected chi connectivity index (χ2v) is 10.9. The first-order valence-corrected chi connectivity index (χ1v) is 15.7. The lowest BCUT2D eigenvalue weighted by atomic mass is 9.91. The summed E-state index contributed by atoms with van der Waals surface area (Å²) in [5.41, 5.74) is 0. The molecule has 3 nitrogen and oxygen atoms in total. The Morgan fingerprint density at radius 2 is 0.886 bits per heavy atom. The molecule has 0 saturated heterocycles. The Hall–Kier alpha value is -0.830. The molecule has 0 aliphatic carbocycles. The highest BCUT2D eigenvalue weighted by atomic mass is 16.4. The number of carbonyl (C=O) groups is 1. The van der Waals surface area contributed by atoms with Crippen molar-refractivity contribution in [2.75, 3.05) is 0 Å². The third-order valence-corrected chi connectivity index (χ3v) is 7.41. The molecule has 0 saturated carbocycles. The van der Waals surface area contributed by atoms with Gasteiger partial charge in [-0.25, -0.2) is 0 Å². The van der Waals surface area contributed by atoms with Crippen molar-refractivity contribution in [1.82, 2.24) is 0 Å². The third-order valence-electron chi connectivity index (χ3n) is 7.41. The molecule has 0 aromatic heterocycles. The van der Waals surface area contributed by atoms with Crippen molar-refractivity contribution in [3.05, 3.63) is 12.2 Å². The van der Waals surface area contributed by atoms with Gasteiger partial charge in [0.25, 0.3) is 0 Å². The van der Waals surface area contributed by atoms with Gasteiger partial charge in [-0.15, -0.1) is 0 Å². The standard InChI is InChI=1S/C32H62O3/c1-3-5-7-9-11-13-15-17-19-21-23-25-27-29-31(33)30(32(34)35)28-26-24-22-20-18-16-14-12-10-8-6-4-2/h13,15,30-31,33H,3-12,14,16-29H2,1-2H3,(H,34,35)/b15-13+/t30-,31+/m0/s1. The summed E-state index contributed by atoms with van der Waals surface area (Å²) in [5.74, 6) is -1.40. The first kappa shape index (κ1) is 34.2. The lowest BCUT2D eigenvalue weighted by molar-refractivity contribution is -0.146. The van der Waals surface area contributed by atoms with Crippen LogP contribution in [0.2, 0.25) is 0 Å². The second kappa shape index (κ2) is 27.8. The van der Waals surface area contributed by atoms with Gasteiger partial charge in [0.2, 0.25) is 0 Å². The Morgan fingerprint density at radius 1 is 0.543 bits per heavy atom. The van der Waals surface area contributed by atoms with Crippen LogP contribution in [-0.4, -0.2) is 22.3 Å². The maximum Gasteiger partial charge on any atom is 0.309 e. The number of unbranched alkanes of at least 4 members (excludes halogenated alkanes) is 20. The topological polar surface area (TPSA) is 57.5 Å². The molecule has 2 atom stereocenters. The number of aliphatic hydroxyl groups is 1. The molecule has 0 spiro atoms. The summed E-state index contributed by atoms with van der Waals surface area (Å²) in [6.07, 6.45) is 34.1. The molecule has 2 N–H and O–H groups in total. The van der Waals surface area contributed by atoms with Crippen LogP contribution in [0.1, 0.15) is 174 Å². The fraction of sp³-hybridized carbons (Fsp3) is 0.906. The Labute approximate surface area is 219 Å². The molecule has 0 aliphatic heterocycles. The monoisotopic (exact) mass is 494 g/mol. The van der Waals surface area contributed by atoms with Crippen molar-refractivity contribution in [2.45, 2.75) is 180 Å². The summed E-state index contributed by atoms with van der Waals surface area (Å²) in [6, 6.07) is 0. The van der Waals surface area contributed by atoms with Gasteiger partial charge in [0.1, 0.15) is 0 Å². The van der Waals surface area contributed by atoms with Gasteiger partial charge in [0.05, 0.1) is 12.0 Å². The molecule has 0 bridgehead atoms. The predicted molar refractivity (Wildman–Crippen MR) is 153 cm³/mol. The highest BCUT2D eigenvalue weighted by Crippen LogP contribution is 2.21. The van der Waals surface area contributed by atoms with Gasteiger partial charge >= 0.3 is 5.97 Å². The van der Waals surface area contributed by atoms with Crippen LogP contribution in [0, 0.1) is 5.92 Å². The minimum absolute atomic E-state index is 0.583. The number of carboxylic acids is 1. The van der Waals surface area contributed by atoms with Crippen LogP contribution in [-0.2, 0) is 4.79 Å².